The molecule has 0 spiro atoms. The number of thioether (sulfide) groups is 1. The van der Waals surface area contributed by atoms with E-state index < -0.39 is 0 Å². The quantitative estimate of drug-likeness (QED) is 0.767. The molecule has 0 aromatic heterocycles. The second-order valence-corrected chi connectivity index (χ2v) is 5.10. The summed E-state index contributed by atoms with van der Waals surface area (Å²) in [5.74, 6) is 0. The first kappa shape index (κ1) is 11.0. The van der Waals surface area contributed by atoms with Crippen molar-refractivity contribution in [1.29, 1.82) is 0 Å². The van der Waals surface area contributed by atoms with Crippen LogP contribution in [0.2, 0.25) is 0 Å². The highest BCUT2D eigenvalue weighted by Crippen LogP contribution is 2.28. The van der Waals surface area contributed by atoms with E-state index in [2.05, 4.69) is 36.7 Å². The molecule has 0 radical (unpaired) electrons. The van der Waals surface area contributed by atoms with Gasteiger partial charge in [-0.3, -0.25) is 0 Å². The second-order valence-electron chi connectivity index (χ2n) is 4.23. The highest BCUT2D eigenvalue weighted by molar-refractivity contribution is 7.98. The second kappa shape index (κ2) is 5.04. The first-order valence-corrected chi connectivity index (χ1v) is 6.91. The van der Waals surface area contributed by atoms with Gasteiger partial charge >= 0.3 is 0 Å². The van der Waals surface area contributed by atoms with E-state index in [0.29, 0.717) is 6.04 Å². The molecule has 1 fully saturated rings. The monoisotopic (exact) mass is 221 g/mol. The number of benzene rings is 1. The van der Waals surface area contributed by atoms with Crippen molar-refractivity contribution >= 4 is 11.8 Å². The van der Waals surface area contributed by atoms with Crippen LogP contribution in [0.3, 0.4) is 0 Å². The Balaban J connectivity index is 2.19. The number of rotatable bonds is 2. The SMILES string of the molecule is CSc1ccc(C2CCCCN2)c(C)c1. The van der Waals surface area contributed by atoms with Gasteiger partial charge in [-0.15, -0.1) is 11.8 Å². The van der Waals surface area contributed by atoms with Crippen molar-refractivity contribution in [3.63, 3.8) is 0 Å². The van der Waals surface area contributed by atoms with E-state index in [1.165, 1.54) is 41.8 Å². The first-order valence-electron chi connectivity index (χ1n) is 5.69. The predicted octanol–water partition coefficient (Wildman–Crippen LogP) is 3.53. The molecule has 1 saturated heterocycles. The number of aryl methyl sites for hydroxylation is 1. The Morgan fingerprint density at radius 1 is 1.33 bits per heavy atom. The van der Waals surface area contributed by atoms with Gasteiger partial charge in [0, 0.05) is 10.9 Å². The summed E-state index contributed by atoms with van der Waals surface area (Å²) in [6, 6.07) is 7.43. The number of nitrogens with one attached hydrogen (secondary N) is 1. The third-order valence-electron chi connectivity index (χ3n) is 3.16. The van der Waals surface area contributed by atoms with Crippen molar-refractivity contribution in [2.24, 2.45) is 0 Å². The van der Waals surface area contributed by atoms with Crippen LogP contribution < -0.4 is 5.32 Å². The average Bonchev–Trinajstić information content (AvgIpc) is 2.30. The van der Waals surface area contributed by atoms with Crippen LogP contribution in [0, 0.1) is 6.92 Å². The standard InChI is InChI=1S/C13H19NS/c1-10-9-11(15-2)6-7-12(10)13-5-3-4-8-14-13/h6-7,9,13-14H,3-5,8H2,1-2H3. The van der Waals surface area contributed by atoms with Crippen molar-refractivity contribution in [3.8, 4) is 0 Å². The summed E-state index contributed by atoms with van der Waals surface area (Å²) in [4.78, 5) is 1.37. The lowest BCUT2D eigenvalue weighted by molar-refractivity contribution is 0.411. The van der Waals surface area contributed by atoms with Gasteiger partial charge in [-0.1, -0.05) is 12.5 Å². The maximum absolute atomic E-state index is 3.61. The molecule has 1 aromatic carbocycles. The van der Waals surface area contributed by atoms with Gasteiger partial charge < -0.3 is 5.32 Å². The molecule has 2 rings (SSSR count). The Kier molecular flexibility index (Phi) is 3.71. The van der Waals surface area contributed by atoms with E-state index in [-0.39, 0.29) is 0 Å². The summed E-state index contributed by atoms with van der Waals surface area (Å²) in [5, 5.41) is 3.61. The molecular weight excluding hydrogens is 202 g/mol. The molecule has 1 N–H and O–H groups in total. The predicted molar refractivity (Wildman–Crippen MR) is 67.6 cm³/mol. The summed E-state index contributed by atoms with van der Waals surface area (Å²) < 4.78 is 0. The van der Waals surface area contributed by atoms with Crippen molar-refractivity contribution in [1.82, 2.24) is 5.32 Å². The van der Waals surface area contributed by atoms with Crippen LogP contribution in [0.15, 0.2) is 23.1 Å². The fourth-order valence-electron chi connectivity index (χ4n) is 2.28. The van der Waals surface area contributed by atoms with Crippen LogP contribution in [-0.4, -0.2) is 12.8 Å². The lowest BCUT2D eigenvalue weighted by Crippen LogP contribution is -2.27. The topological polar surface area (TPSA) is 12.0 Å². The van der Waals surface area contributed by atoms with Gasteiger partial charge in [0.1, 0.15) is 0 Å². The fourth-order valence-corrected chi connectivity index (χ4v) is 2.78. The molecule has 1 aliphatic rings. The number of hydrogen-bond acceptors (Lipinski definition) is 2. The van der Waals surface area contributed by atoms with Crippen LogP contribution in [0.25, 0.3) is 0 Å². The van der Waals surface area contributed by atoms with Crippen molar-refractivity contribution in [2.45, 2.75) is 37.1 Å². The van der Waals surface area contributed by atoms with Crippen LogP contribution in [0.1, 0.15) is 36.4 Å². The molecule has 1 atom stereocenters. The van der Waals surface area contributed by atoms with Crippen LogP contribution >= 0.6 is 11.8 Å². The molecule has 1 aliphatic heterocycles. The highest BCUT2D eigenvalue weighted by Gasteiger charge is 2.16. The van der Waals surface area contributed by atoms with Crippen LogP contribution in [0.4, 0.5) is 0 Å². The molecule has 0 bridgehead atoms. The van der Waals surface area contributed by atoms with Gasteiger partial charge in [0.25, 0.3) is 0 Å². The zero-order chi connectivity index (χ0) is 10.7. The normalized spacial score (nSPS) is 21.6. The van der Waals surface area contributed by atoms with E-state index in [4.69, 9.17) is 0 Å². The lowest BCUT2D eigenvalue weighted by atomic mass is 9.94. The average molecular weight is 221 g/mol. The smallest absolute Gasteiger partial charge is 0.0322 e. The van der Waals surface area contributed by atoms with Gasteiger partial charge in [-0.05, 0) is 55.8 Å². The minimum Gasteiger partial charge on any atom is -0.310 e. The molecular formula is C13H19NS. The molecule has 2 heteroatoms. The Hall–Kier alpha value is -0.470. The zero-order valence-corrected chi connectivity index (χ0v) is 10.4. The van der Waals surface area contributed by atoms with E-state index in [0.717, 1.165) is 0 Å². The third-order valence-corrected chi connectivity index (χ3v) is 3.89. The first-order chi connectivity index (χ1) is 7.31. The van der Waals surface area contributed by atoms with Gasteiger partial charge in [0.2, 0.25) is 0 Å². The molecule has 0 aliphatic carbocycles. The maximum atomic E-state index is 3.61. The molecule has 0 amide bonds. The molecule has 1 heterocycles. The van der Waals surface area contributed by atoms with Gasteiger partial charge in [-0.2, -0.15) is 0 Å². The number of hydrogen-bond donors (Lipinski definition) is 1. The zero-order valence-electron chi connectivity index (χ0n) is 9.55. The molecule has 82 valence electrons. The Morgan fingerprint density at radius 3 is 2.80 bits per heavy atom. The fraction of sp³-hybridized carbons (Fsp3) is 0.538. The van der Waals surface area contributed by atoms with Crippen LogP contribution in [-0.2, 0) is 0 Å². The van der Waals surface area contributed by atoms with Gasteiger partial charge in [0.05, 0.1) is 0 Å². The van der Waals surface area contributed by atoms with Crippen molar-refractivity contribution in [3.05, 3.63) is 29.3 Å². The Labute approximate surface area is 96.7 Å². The highest BCUT2D eigenvalue weighted by atomic mass is 32.2. The van der Waals surface area contributed by atoms with E-state index in [1.54, 1.807) is 0 Å². The van der Waals surface area contributed by atoms with Gasteiger partial charge in [0.15, 0.2) is 0 Å². The molecule has 1 nitrogen and oxygen atoms in total. The summed E-state index contributed by atoms with van der Waals surface area (Å²) in [6.07, 6.45) is 6.12. The molecule has 15 heavy (non-hydrogen) atoms. The Bertz CT molecular complexity index is 329. The largest absolute Gasteiger partial charge is 0.310 e. The summed E-state index contributed by atoms with van der Waals surface area (Å²) in [6.45, 7) is 3.40. The van der Waals surface area contributed by atoms with Gasteiger partial charge in [-0.25, -0.2) is 0 Å². The summed E-state index contributed by atoms with van der Waals surface area (Å²) >= 11 is 1.82. The minimum absolute atomic E-state index is 0.592. The minimum atomic E-state index is 0.592. The molecule has 1 aromatic rings. The van der Waals surface area contributed by atoms with Crippen molar-refractivity contribution in [2.75, 3.05) is 12.8 Å². The van der Waals surface area contributed by atoms with E-state index >= 15 is 0 Å². The molecule has 0 saturated carbocycles. The molecule has 1 unspecified atom stereocenters. The van der Waals surface area contributed by atoms with Crippen molar-refractivity contribution < 1.29 is 0 Å². The van der Waals surface area contributed by atoms with E-state index in [1.807, 2.05) is 11.8 Å². The van der Waals surface area contributed by atoms with E-state index in [9.17, 15) is 0 Å². The Morgan fingerprint density at radius 2 is 2.20 bits per heavy atom. The third kappa shape index (κ3) is 2.56. The maximum Gasteiger partial charge on any atom is 0.0322 e. The van der Waals surface area contributed by atoms with Crippen LogP contribution in [0.5, 0.6) is 0 Å². The summed E-state index contributed by atoms with van der Waals surface area (Å²) in [7, 11) is 0. The number of piperidine rings is 1. The summed E-state index contributed by atoms with van der Waals surface area (Å²) in [5.41, 5.74) is 2.92. The lowest BCUT2D eigenvalue weighted by Gasteiger charge is -2.25.